The Bertz CT molecular complexity index is 2460. The number of anilines is 2. The lowest BCUT2D eigenvalue weighted by atomic mass is 9.73. The van der Waals surface area contributed by atoms with Crippen LogP contribution in [0, 0.1) is 15.5 Å². The number of carbonyl (C=O) groups is 1. The summed E-state index contributed by atoms with van der Waals surface area (Å²) in [4.78, 5) is 36.5. The summed E-state index contributed by atoms with van der Waals surface area (Å²) < 4.78 is 82.5. The second kappa shape index (κ2) is 18.5. The average Bonchev–Trinajstić information content (AvgIpc) is 3.71. The van der Waals surface area contributed by atoms with Crippen LogP contribution in [0.1, 0.15) is 69.2 Å². The molecule has 0 spiro atoms. The van der Waals surface area contributed by atoms with Crippen molar-refractivity contribution in [2.75, 3.05) is 62.7 Å². The minimum Gasteiger partial charge on any atom is -0.455 e. The molecule has 4 heterocycles. The third-order valence-electron chi connectivity index (χ3n) is 12.0. The van der Waals surface area contributed by atoms with Crippen LogP contribution in [0.5, 0.6) is 11.5 Å². The van der Waals surface area contributed by atoms with Gasteiger partial charge in [-0.3, -0.25) is 19.8 Å². The van der Waals surface area contributed by atoms with Gasteiger partial charge in [0.15, 0.2) is 0 Å². The Labute approximate surface area is 358 Å². The van der Waals surface area contributed by atoms with Crippen molar-refractivity contribution >= 4 is 44.0 Å². The Morgan fingerprint density at radius 1 is 1.06 bits per heavy atom. The summed E-state index contributed by atoms with van der Waals surface area (Å²) in [6, 6.07) is 11.5. The van der Waals surface area contributed by atoms with Crippen molar-refractivity contribution in [1.82, 2.24) is 19.6 Å². The first-order valence-electron chi connectivity index (χ1n) is 20.7. The van der Waals surface area contributed by atoms with E-state index in [9.17, 15) is 32.1 Å². The number of H-pyrrole nitrogens is 1. The number of halogens is 3. The van der Waals surface area contributed by atoms with Crippen LogP contribution < -0.4 is 19.7 Å². The van der Waals surface area contributed by atoms with E-state index in [-0.39, 0.29) is 67.0 Å². The Kier molecular flexibility index (Phi) is 13.3. The number of nitro benzene ring substituents is 1. The van der Waals surface area contributed by atoms with E-state index >= 15 is 4.39 Å². The van der Waals surface area contributed by atoms with Gasteiger partial charge < -0.3 is 24.7 Å². The molecule has 62 heavy (non-hydrogen) atoms. The van der Waals surface area contributed by atoms with Crippen molar-refractivity contribution in [1.29, 1.82) is 0 Å². The molecule has 0 atom stereocenters. The number of aromatic amines is 1. The maximum absolute atomic E-state index is 15.2. The number of piperazine rings is 1. The number of aromatic nitrogens is 2. The minimum absolute atomic E-state index is 0.0337. The Morgan fingerprint density at radius 3 is 2.55 bits per heavy atom. The fourth-order valence-corrected chi connectivity index (χ4v) is 9.22. The van der Waals surface area contributed by atoms with Gasteiger partial charge in [-0.1, -0.05) is 31.6 Å². The number of fused-ring (bicyclic) bond motifs is 1. The Morgan fingerprint density at radius 2 is 1.82 bits per heavy atom. The zero-order chi connectivity index (χ0) is 44.2. The van der Waals surface area contributed by atoms with Crippen molar-refractivity contribution < 1.29 is 40.8 Å². The van der Waals surface area contributed by atoms with Gasteiger partial charge in [-0.25, -0.2) is 31.3 Å². The molecule has 3 N–H and O–H groups in total. The molecule has 2 saturated heterocycles. The maximum Gasteiger partial charge on any atom is 0.293 e. The number of hydrogen-bond donors (Lipinski definition) is 3. The van der Waals surface area contributed by atoms with Crippen LogP contribution in [0.2, 0.25) is 0 Å². The maximum atomic E-state index is 15.2. The largest absolute Gasteiger partial charge is 0.455 e. The number of sulfonamides is 1. The summed E-state index contributed by atoms with van der Waals surface area (Å²) in [6.45, 7) is 11.7. The molecule has 332 valence electrons. The van der Waals surface area contributed by atoms with E-state index < -0.39 is 43.5 Å². The highest BCUT2D eigenvalue weighted by atomic mass is 32.2. The van der Waals surface area contributed by atoms with Crippen molar-refractivity contribution in [2.24, 2.45) is 5.41 Å². The van der Waals surface area contributed by atoms with Crippen LogP contribution in [0.4, 0.5) is 30.2 Å². The zero-order valence-electron chi connectivity index (χ0n) is 34.9. The minimum atomic E-state index is -4.66. The number of carbonyl (C=O) groups excluding carboxylic acids is 1. The van der Waals surface area contributed by atoms with E-state index in [0.717, 1.165) is 62.1 Å². The number of benzene rings is 2. The summed E-state index contributed by atoms with van der Waals surface area (Å²) in [5, 5.41) is 15.5. The number of ether oxygens (including phenoxy) is 2. The second-order valence-electron chi connectivity index (χ2n) is 17.1. The second-order valence-corrected chi connectivity index (χ2v) is 18.8. The number of amides is 1. The van der Waals surface area contributed by atoms with E-state index in [1.165, 1.54) is 29.5 Å². The number of rotatable bonds is 16. The third-order valence-corrected chi connectivity index (χ3v) is 13.3. The predicted molar refractivity (Wildman–Crippen MR) is 230 cm³/mol. The lowest BCUT2D eigenvalue weighted by Crippen LogP contribution is -2.47. The first kappa shape index (κ1) is 44.6. The molecule has 2 aromatic heterocycles. The van der Waals surface area contributed by atoms with E-state index in [0.29, 0.717) is 30.9 Å². The molecule has 2 aliphatic heterocycles. The molecule has 18 heteroatoms. The van der Waals surface area contributed by atoms with Crippen LogP contribution in [0.15, 0.2) is 89.1 Å². The predicted octanol–water partition coefficient (Wildman–Crippen LogP) is 8.54. The molecule has 4 aromatic rings. The lowest BCUT2D eigenvalue weighted by Gasteiger charge is -2.39. The molecule has 2 fully saturated rings. The van der Waals surface area contributed by atoms with Crippen molar-refractivity contribution in [3.05, 3.63) is 99.9 Å². The summed E-state index contributed by atoms with van der Waals surface area (Å²) >= 11 is 0. The lowest BCUT2D eigenvalue weighted by molar-refractivity contribution is -0.384. The standard InChI is InChI=1S/C44H52F3N7O7S/c1-29(40(45)46)4-5-31-25-43(2,3)12-10-32(31)27-52-16-18-53(19-17-52)33-6-8-36(39(23-33)61-34-22-30-11-15-48-41(30)49-26-34)42(55)51-62(58,59)35-7-9-37(38(24-35)54(56)57)50-28-44(47)13-20-60-21-14-44/h6-9,11,15,22-24,26,40,50H,1,4-5,10,12-14,16-21,25,27-28H2,2-3H3,(H,48,49)(H,51,55). The highest BCUT2D eigenvalue weighted by Gasteiger charge is 2.34. The first-order chi connectivity index (χ1) is 29.5. The number of nitro groups is 1. The molecule has 2 aromatic carbocycles. The monoisotopic (exact) mass is 879 g/mol. The van der Waals surface area contributed by atoms with Crippen molar-refractivity contribution in [2.45, 2.75) is 75.8 Å². The highest BCUT2D eigenvalue weighted by Crippen LogP contribution is 2.41. The van der Waals surface area contributed by atoms with Gasteiger partial charge in [0, 0.05) is 94.7 Å². The average molecular weight is 880 g/mol. The van der Waals surface area contributed by atoms with E-state index in [1.807, 2.05) is 4.72 Å². The van der Waals surface area contributed by atoms with E-state index in [2.05, 4.69) is 45.5 Å². The van der Waals surface area contributed by atoms with Crippen molar-refractivity contribution in [3.63, 3.8) is 0 Å². The highest BCUT2D eigenvalue weighted by molar-refractivity contribution is 7.90. The van der Waals surface area contributed by atoms with Gasteiger partial charge in [-0.2, -0.15) is 0 Å². The SMILES string of the molecule is C=C(CCC1=C(CN2CCN(c3ccc(C(=O)NS(=O)(=O)c4ccc(NCC5(F)CCOCC5)c([N+](=O)[O-])c4)c(Oc4cnc5[nH]ccc5c4)c3)CC2)CCC(C)(C)C1)C(F)F. The van der Waals surface area contributed by atoms with Crippen LogP contribution in [0.25, 0.3) is 11.0 Å². The topological polar surface area (TPSA) is 172 Å². The molecule has 14 nitrogen and oxygen atoms in total. The number of nitrogens with one attached hydrogen (secondary N) is 3. The summed E-state index contributed by atoms with van der Waals surface area (Å²) in [6.07, 6.45) is 4.57. The smallest absolute Gasteiger partial charge is 0.293 e. The fraction of sp³-hybridized carbons (Fsp3) is 0.455. The molecular weight excluding hydrogens is 828 g/mol. The summed E-state index contributed by atoms with van der Waals surface area (Å²) in [5.74, 6) is -0.687. The van der Waals surface area contributed by atoms with Crippen LogP contribution >= 0.6 is 0 Å². The Balaban J connectivity index is 1.08. The Hall–Kier alpha value is -5.46. The molecule has 0 radical (unpaired) electrons. The number of alkyl halides is 3. The molecule has 3 aliphatic rings. The first-order valence-corrected chi connectivity index (χ1v) is 22.2. The number of nitrogens with zero attached hydrogens (tertiary/aromatic N) is 4. The normalized spacial score (nSPS) is 18.2. The molecule has 0 unspecified atom stereocenters. The summed E-state index contributed by atoms with van der Waals surface area (Å²) in [5.41, 5.74) is 1.56. The van der Waals surface area contributed by atoms with Gasteiger partial charge in [-0.15, -0.1) is 0 Å². The van der Waals surface area contributed by atoms with Gasteiger partial charge in [0.25, 0.3) is 28.0 Å². The van der Waals surface area contributed by atoms with E-state index in [1.54, 1.807) is 30.5 Å². The molecule has 1 amide bonds. The van der Waals surface area contributed by atoms with Gasteiger partial charge in [0.1, 0.15) is 28.5 Å². The number of pyridine rings is 1. The number of allylic oxidation sites excluding steroid dienone is 2. The molecule has 0 saturated carbocycles. The van der Waals surface area contributed by atoms with Crippen LogP contribution in [-0.2, 0) is 14.8 Å². The van der Waals surface area contributed by atoms with Gasteiger partial charge in [-0.05, 0) is 79.5 Å². The third kappa shape index (κ3) is 10.8. The summed E-state index contributed by atoms with van der Waals surface area (Å²) in [7, 11) is -4.66. The van der Waals surface area contributed by atoms with E-state index in [4.69, 9.17) is 9.47 Å². The van der Waals surface area contributed by atoms with Crippen LogP contribution in [0.3, 0.4) is 0 Å². The molecular formula is C44H52F3N7O7S. The van der Waals surface area contributed by atoms with Gasteiger partial charge >= 0.3 is 0 Å². The number of hydrogen-bond acceptors (Lipinski definition) is 11. The van der Waals surface area contributed by atoms with Gasteiger partial charge in [0.2, 0.25) is 0 Å². The van der Waals surface area contributed by atoms with Crippen molar-refractivity contribution in [3.8, 4) is 11.5 Å². The zero-order valence-corrected chi connectivity index (χ0v) is 35.7. The molecule has 7 rings (SSSR count). The van der Waals surface area contributed by atoms with Crippen LogP contribution in [-0.4, -0.2) is 98.7 Å². The fourth-order valence-electron chi connectivity index (χ4n) is 8.23. The molecule has 0 bridgehead atoms. The molecule has 1 aliphatic carbocycles. The quantitative estimate of drug-likeness (QED) is 0.0560. The van der Waals surface area contributed by atoms with Gasteiger partial charge in [0.05, 0.1) is 21.6 Å².